The number of nitrogen functional groups attached to an aromatic ring is 1. The predicted octanol–water partition coefficient (Wildman–Crippen LogP) is 3.89. The van der Waals surface area contributed by atoms with Crippen molar-refractivity contribution >= 4 is 5.69 Å². The number of nitrogens with two attached hydrogens (primary N) is 1. The van der Waals surface area contributed by atoms with Crippen LogP contribution in [-0.4, -0.2) is 0 Å². The Kier molecular flexibility index (Phi) is 3.45. The molecule has 2 unspecified atom stereocenters. The molecule has 0 fully saturated rings. The van der Waals surface area contributed by atoms with E-state index in [1.807, 2.05) is 12.1 Å². The third-order valence-electron chi connectivity index (χ3n) is 3.37. The second kappa shape index (κ2) is 5.02. The third kappa shape index (κ3) is 2.19. The van der Waals surface area contributed by atoms with Crippen molar-refractivity contribution in [2.24, 2.45) is 5.92 Å². The van der Waals surface area contributed by atoms with E-state index < -0.39 is 0 Å². The zero-order chi connectivity index (χ0) is 11.4. The van der Waals surface area contributed by atoms with Crippen LogP contribution in [0, 0.1) is 5.92 Å². The fourth-order valence-corrected chi connectivity index (χ4v) is 2.50. The van der Waals surface area contributed by atoms with Crippen LogP contribution in [0.1, 0.15) is 31.2 Å². The summed E-state index contributed by atoms with van der Waals surface area (Å²) in [5, 5.41) is 0. The van der Waals surface area contributed by atoms with E-state index in [4.69, 9.17) is 5.73 Å². The van der Waals surface area contributed by atoms with Crippen molar-refractivity contribution in [3.05, 3.63) is 54.1 Å². The van der Waals surface area contributed by atoms with Crippen molar-refractivity contribution in [1.82, 2.24) is 0 Å². The van der Waals surface area contributed by atoms with Gasteiger partial charge in [-0.3, -0.25) is 0 Å². The molecule has 1 aromatic carbocycles. The van der Waals surface area contributed by atoms with E-state index in [2.05, 4.69) is 43.4 Å². The number of benzene rings is 1. The van der Waals surface area contributed by atoms with E-state index in [9.17, 15) is 0 Å². The van der Waals surface area contributed by atoms with Gasteiger partial charge in [-0.25, -0.2) is 0 Å². The Morgan fingerprint density at radius 1 is 1.31 bits per heavy atom. The quantitative estimate of drug-likeness (QED) is 0.757. The van der Waals surface area contributed by atoms with Gasteiger partial charge in [-0.15, -0.1) is 0 Å². The Morgan fingerprint density at radius 2 is 2.12 bits per heavy atom. The van der Waals surface area contributed by atoms with Crippen molar-refractivity contribution < 1.29 is 0 Å². The summed E-state index contributed by atoms with van der Waals surface area (Å²) in [7, 11) is 0. The van der Waals surface area contributed by atoms with Gasteiger partial charge in [0, 0.05) is 5.69 Å². The molecule has 1 aromatic rings. The fraction of sp³-hybridized carbons (Fsp3) is 0.333. The van der Waals surface area contributed by atoms with Gasteiger partial charge in [0.2, 0.25) is 0 Å². The second-order valence-electron chi connectivity index (χ2n) is 4.36. The number of anilines is 1. The lowest BCUT2D eigenvalue weighted by molar-refractivity contribution is 0.496. The van der Waals surface area contributed by atoms with Crippen LogP contribution in [0.2, 0.25) is 0 Å². The molecule has 0 aromatic heterocycles. The van der Waals surface area contributed by atoms with E-state index in [1.165, 1.54) is 5.56 Å². The minimum atomic E-state index is 0.544. The van der Waals surface area contributed by atoms with Gasteiger partial charge < -0.3 is 5.73 Å². The summed E-state index contributed by atoms with van der Waals surface area (Å²) in [6.07, 6.45) is 11.1. The molecule has 1 nitrogen and oxygen atoms in total. The van der Waals surface area contributed by atoms with Crippen LogP contribution in [0.4, 0.5) is 5.69 Å². The fourth-order valence-electron chi connectivity index (χ4n) is 2.50. The van der Waals surface area contributed by atoms with E-state index in [-0.39, 0.29) is 0 Å². The molecule has 2 atom stereocenters. The highest BCUT2D eigenvalue weighted by atomic mass is 14.6. The molecule has 0 saturated heterocycles. The van der Waals surface area contributed by atoms with Crippen molar-refractivity contribution in [3.63, 3.8) is 0 Å². The molecule has 16 heavy (non-hydrogen) atoms. The molecular formula is C15H19N. The molecule has 0 heterocycles. The van der Waals surface area contributed by atoms with Gasteiger partial charge in [-0.2, -0.15) is 0 Å². The van der Waals surface area contributed by atoms with E-state index in [0.29, 0.717) is 11.8 Å². The van der Waals surface area contributed by atoms with Crippen molar-refractivity contribution in [2.75, 3.05) is 5.73 Å². The average Bonchev–Trinajstić information content (AvgIpc) is 2.34. The maximum atomic E-state index is 6.06. The molecule has 1 heteroatoms. The lowest BCUT2D eigenvalue weighted by Crippen LogP contribution is -2.12. The van der Waals surface area contributed by atoms with Crippen molar-refractivity contribution in [2.45, 2.75) is 25.7 Å². The summed E-state index contributed by atoms with van der Waals surface area (Å²) in [6.45, 7) is 2.24. The smallest absolute Gasteiger partial charge is 0.0349 e. The zero-order valence-electron chi connectivity index (χ0n) is 9.77. The molecule has 1 aliphatic carbocycles. The Hall–Kier alpha value is -1.50. The van der Waals surface area contributed by atoms with Gasteiger partial charge in [-0.1, -0.05) is 49.4 Å². The van der Waals surface area contributed by atoms with Gasteiger partial charge in [0.05, 0.1) is 0 Å². The SMILES string of the molecule is CCC(c1ccccc1N)C1C=CC=CC1. The Labute approximate surface area is 97.7 Å². The lowest BCUT2D eigenvalue weighted by atomic mass is 9.80. The molecule has 0 amide bonds. The first-order chi connectivity index (χ1) is 7.83. The third-order valence-corrected chi connectivity index (χ3v) is 3.37. The minimum Gasteiger partial charge on any atom is -0.398 e. The minimum absolute atomic E-state index is 0.544. The molecule has 0 aliphatic heterocycles. The van der Waals surface area contributed by atoms with Crippen LogP contribution in [-0.2, 0) is 0 Å². The van der Waals surface area contributed by atoms with E-state index in [0.717, 1.165) is 18.5 Å². The summed E-state index contributed by atoms with van der Waals surface area (Å²) >= 11 is 0. The van der Waals surface area contributed by atoms with Crippen LogP contribution >= 0.6 is 0 Å². The predicted molar refractivity (Wildman–Crippen MR) is 70.3 cm³/mol. The molecule has 2 rings (SSSR count). The molecule has 0 radical (unpaired) electrons. The van der Waals surface area contributed by atoms with Crippen LogP contribution in [0.15, 0.2) is 48.6 Å². The van der Waals surface area contributed by atoms with Gasteiger partial charge >= 0.3 is 0 Å². The van der Waals surface area contributed by atoms with Crippen LogP contribution < -0.4 is 5.73 Å². The van der Waals surface area contributed by atoms with Crippen LogP contribution in [0.5, 0.6) is 0 Å². The average molecular weight is 213 g/mol. The largest absolute Gasteiger partial charge is 0.398 e. The molecule has 0 saturated carbocycles. The molecule has 84 valence electrons. The van der Waals surface area contributed by atoms with E-state index >= 15 is 0 Å². The first-order valence-corrected chi connectivity index (χ1v) is 6.00. The second-order valence-corrected chi connectivity index (χ2v) is 4.36. The summed E-state index contributed by atoms with van der Waals surface area (Å²) in [5.41, 5.74) is 8.29. The zero-order valence-corrected chi connectivity index (χ0v) is 9.77. The lowest BCUT2D eigenvalue weighted by Gasteiger charge is -2.25. The first-order valence-electron chi connectivity index (χ1n) is 6.00. The van der Waals surface area contributed by atoms with Gasteiger partial charge in [0.15, 0.2) is 0 Å². The summed E-state index contributed by atoms with van der Waals surface area (Å²) < 4.78 is 0. The first kappa shape index (κ1) is 11.0. The number of hydrogen-bond donors (Lipinski definition) is 1. The van der Waals surface area contributed by atoms with Gasteiger partial charge in [-0.05, 0) is 36.3 Å². The molecule has 0 bridgehead atoms. The van der Waals surface area contributed by atoms with Crippen molar-refractivity contribution in [1.29, 1.82) is 0 Å². The Morgan fingerprint density at radius 3 is 2.75 bits per heavy atom. The molecule has 0 spiro atoms. The maximum Gasteiger partial charge on any atom is 0.0349 e. The number of allylic oxidation sites excluding steroid dienone is 4. The maximum absolute atomic E-state index is 6.06. The standard InChI is InChI=1S/C15H19N/c1-2-13(12-8-4-3-5-9-12)14-10-6-7-11-15(14)16/h3-8,10-13H,2,9,16H2,1H3. The summed E-state index contributed by atoms with van der Waals surface area (Å²) in [4.78, 5) is 0. The Bertz CT molecular complexity index is 404. The number of rotatable bonds is 3. The van der Waals surface area contributed by atoms with Gasteiger partial charge in [0.25, 0.3) is 0 Å². The highest BCUT2D eigenvalue weighted by Gasteiger charge is 2.20. The van der Waals surface area contributed by atoms with E-state index in [1.54, 1.807) is 0 Å². The number of para-hydroxylation sites is 1. The monoisotopic (exact) mass is 213 g/mol. The molecule has 2 N–H and O–H groups in total. The van der Waals surface area contributed by atoms with Gasteiger partial charge in [0.1, 0.15) is 0 Å². The highest BCUT2D eigenvalue weighted by molar-refractivity contribution is 5.49. The highest BCUT2D eigenvalue weighted by Crippen LogP contribution is 2.35. The summed E-state index contributed by atoms with van der Waals surface area (Å²) in [6, 6.07) is 8.24. The summed E-state index contributed by atoms with van der Waals surface area (Å²) in [5.74, 6) is 1.14. The molecule has 1 aliphatic rings. The van der Waals surface area contributed by atoms with Crippen LogP contribution in [0.3, 0.4) is 0 Å². The van der Waals surface area contributed by atoms with Crippen molar-refractivity contribution in [3.8, 4) is 0 Å². The van der Waals surface area contributed by atoms with Crippen LogP contribution in [0.25, 0.3) is 0 Å². The normalized spacial score (nSPS) is 20.9. The number of hydrogen-bond acceptors (Lipinski definition) is 1. The Balaban J connectivity index is 2.26. The molecular weight excluding hydrogens is 194 g/mol. The topological polar surface area (TPSA) is 26.0 Å².